The van der Waals surface area contributed by atoms with Crippen molar-refractivity contribution in [2.75, 3.05) is 6.54 Å². The molecule has 72 valence electrons. The molecule has 1 unspecified atom stereocenters. The maximum atomic E-state index is 13.5. The molecule has 1 aromatic rings. The summed E-state index contributed by atoms with van der Waals surface area (Å²) in [5.74, 6) is -1.06. The summed E-state index contributed by atoms with van der Waals surface area (Å²) in [7, 11) is 0. The van der Waals surface area contributed by atoms with Crippen LogP contribution < -0.4 is 10.5 Å². The van der Waals surface area contributed by atoms with E-state index in [9.17, 15) is 4.39 Å². The van der Waals surface area contributed by atoms with Gasteiger partial charge in [0, 0.05) is 12.0 Å². The van der Waals surface area contributed by atoms with Crippen LogP contribution >= 0.6 is 12.4 Å². The normalized spacial score (nSPS) is 24.5. The molecule has 1 aliphatic heterocycles. The van der Waals surface area contributed by atoms with Crippen LogP contribution in [0.5, 0.6) is 5.75 Å². The van der Waals surface area contributed by atoms with Crippen LogP contribution in [0.2, 0.25) is 0 Å². The van der Waals surface area contributed by atoms with Crippen molar-refractivity contribution in [2.45, 2.75) is 12.3 Å². The summed E-state index contributed by atoms with van der Waals surface area (Å²) in [4.78, 5) is 0. The largest absolute Gasteiger partial charge is 0.456 e. The van der Waals surface area contributed by atoms with E-state index in [1.165, 1.54) is 0 Å². The quantitative estimate of drug-likeness (QED) is 0.754. The van der Waals surface area contributed by atoms with Crippen molar-refractivity contribution < 1.29 is 9.13 Å². The van der Waals surface area contributed by atoms with Crippen LogP contribution in [-0.4, -0.2) is 12.4 Å². The van der Waals surface area contributed by atoms with Gasteiger partial charge in [0.25, 0.3) is 5.85 Å². The summed E-state index contributed by atoms with van der Waals surface area (Å²) < 4.78 is 18.5. The molecule has 0 bridgehead atoms. The van der Waals surface area contributed by atoms with E-state index in [-0.39, 0.29) is 25.4 Å². The van der Waals surface area contributed by atoms with Crippen molar-refractivity contribution in [3.63, 3.8) is 0 Å². The van der Waals surface area contributed by atoms with E-state index in [0.717, 1.165) is 5.56 Å². The predicted molar refractivity (Wildman–Crippen MR) is 50.9 cm³/mol. The van der Waals surface area contributed by atoms with Crippen molar-refractivity contribution in [1.82, 2.24) is 0 Å². The fourth-order valence-corrected chi connectivity index (χ4v) is 1.38. The number of fused-ring (bicyclic) bond motifs is 1. The van der Waals surface area contributed by atoms with E-state index in [0.29, 0.717) is 5.75 Å². The molecular formula is C9H11ClFNO. The number of nitrogens with two attached hydrogens (primary N) is 1. The van der Waals surface area contributed by atoms with Gasteiger partial charge in [-0.2, -0.15) is 4.39 Å². The highest BCUT2D eigenvalue weighted by Crippen LogP contribution is 2.34. The molecule has 4 heteroatoms. The van der Waals surface area contributed by atoms with Gasteiger partial charge in [-0.1, -0.05) is 18.2 Å². The van der Waals surface area contributed by atoms with Crippen molar-refractivity contribution in [3.8, 4) is 5.75 Å². The number of alkyl halides is 1. The lowest BCUT2D eigenvalue weighted by Crippen LogP contribution is -2.37. The van der Waals surface area contributed by atoms with Gasteiger partial charge in [-0.25, -0.2) is 0 Å². The molecule has 13 heavy (non-hydrogen) atoms. The molecule has 1 aromatic carbocycles. The van der Waals surface area contributed by atoms with Crippen LogP contribution in [0.25, 0.3) is 0 Å². The van der Waals surface area contributed by atoms with Gasteiger partial charge < -0.3 is 10.5 Å². The lowest BCUT2D eigenvalue weighted by atomic mass is 10.1. The molecular weight excluding hydrogens is 193 g/mol. The highest BCUT2D eigenvalue weighted by Gasteiger charge is 2.37. The molecule has 1 atom stereocenters. The van der Waals surface area contributed by atoms with E-state index < -0.39 is 5.85 Å². The first kappa shape index (κ1) is 10.3. The van der Waals surface area contributed by atoms with Gasteiger partial charge in [-0.3, -0.25) is 0 Å². The van der Waals surface area contributed by atoms with Crippen molar-refractivity contribution in [2.24, 2.45) is 5.73 Å². The first-order valence-corrected chi connectivity index (χ1v) is 3.89. The molecule has 0 fully saturated rings. The first-order chi connectivity index (χ1) is 5.73. The second kappa shape index (κ2) is 3.52. The van der Waals surface area contributed by atoms with Gasteiger partial charge in [0.1, 0.15) is 5.75 Å². The van der Waals surface area contributed by atoms with Gasteiger partial charge in [0.2, 0.25) is 0 Å². The fourth-order valence-electron chi connectivity index (χ4n) is 1.38. The van der Waals surface area contributed by atoms with Gasteiger partial charge in [0.15, 0.2) is 0 Å². The molecule has 0 radical (unpaired) electrons. The molecule has 0 saturated carbocycles. The maximum Gasteiger partial charge on any atom is 0.264 e. The first-order valence-electron chi connectivity index (χ1n) is 3.89. The Morgan fingerprint density at radius 1 is 1.46 bits per heavy atom. The molecule has 0 aromatic heterocycles. The highest BCUT2D eigenvalue weighted by molar-refractivity contribution is 5.85. The molecule has 0 aliphatic carbocycles. The fraction of sp³-hybridized carbons (Fsp3) is 0.333. The third-order valence-corrected chi connectivity index (χ3v) is 2.02. The van der Waals surface area contributed by atoms with Gasteiger partial charge in [-0.05, 0) is 6.07 Å². The minimum atomic E-state index is -1.68. The van der Waals surface area contributed by atoms with E-state index >= 15 is 0 Å². The third-order valence-electron chi connectivity index (χ3n) is 2.02. The summed E-state index contributed by atoms with van der Waals surface area (Å²) in [6, 6.07) is 7.30. The molecule has 0 saturated heterocycles. The topological polar surface area (TPSA) is 35.2 Å². The summed E-state index contributed by atoms with van der Waals surface area (Å²) in [5.41, 5.74) is 6.14. The average molecular weight is 204 g/mol. The number of rotatable bonds is 1. The number of hydrogen-bond acceptors (Lipinski definition) is 2. The Balaban J connectivity index is 0.000000845. The summed E-state index contributed by atoms with van der Waals surface area (Å²) in [6.45, 7) is -0.0956. The average Bonchev–Trinajstić information content (AvgIpc) is 2.42. The predicted octanol–water partition coefficient (Wildman–Crippen LogP) is 1.67. The maximum absolute atomic E-state index is 13.5. The Hall–Kier alpha value is -0.800. The number of benzene rings is 1. The van der Waals surface area contributed by atoms with E-state index in [2.05, 4.69) is 0 Å². The zero-order valence-electron chi connectivity index (χ0n) is 7.00. The Morgan fingerprint density at radius 3 is 2.77 bits per heavy atom. The van der Waals surface area contributed by atoms with Crippen LogP contribution in [0.1, 0.15) is 5.56 Å². The summed E-state index contributed by atoms with van der Waals surface area (Å²) in [5, 5.41) is 0. The minimum Gasteiger partial charge on any atom is -0.456 e. The van der Waals surface area contributed by atoms with Crippen molar-refractivity contribution in [1.29, 1.82) is 0 Å². The van der Waals surface area contributed by atoms with Crippen LogP contribution in [0.3, 0.4) is 0 Å². The zero-order valence-corrected chi connectivity index (χ0v) is 7.81. The molecule has 1 aliphatic rings. The van der Waals surface area contributed by atoms with Gasteiger partial charge >= 0.3 is 0 Å². The Kier molecular flexibility index (Phi) is 2.78. The Bertz CT molecular complexity index is 280. The number of hydrogen-bond donors (Lipinski definition) is 1. The van der Waals surface area contributed by atoms with E-state index in [1.54, 1.807) is 6.07 Å². The molecule has 0 spiro atoms. The third kappa shape index (κ3) is 1.76. The Labute approximate surface area is 82.3 Å². The smallest absolute Gasteiger partial charge is 0.264 e. The number of halogens is 2. The minimum absolute atomic E-state index is 0. The van der Waals surface area contributed by atoms with Crippen LogP contribution in [0, 0.1) is 0 Å². The molecule has 2 rings (SSSR count). The lowest BCUT2D eigenvalue weighted by Gasteiger charge is -2.15. The Morgan fingerprint density at radius 2 is 2.15 bits per heavy atom. The van der Waals surface area contributed by atoms with Crippen molar-refractivity contribution >= 4 is 12.4 Å². The second-order valence-electron chi connectivity index (χ2n) is 2.97. The van der Waals surface area contributed by atoms with Gasteiger partial charge in [0.05, 0.1) is 6.54 Å². The standard InChI is InChI=1S/C9H10FNO.ClH/c10-9(6-11)5-7-3-1-2-4-8(7)12-9;/h1-4H,5-6,11H2;1H. The summed E-state index contributed by atoms with van der Waals surface area (Å²) >= 11 is 0. The highest BCUT2D eigenvalue weighted by atomic mass is 35.5. The van der Waals surface area contributed by atoms with E-state index in [1.807, 2.05) is 18.2 Å². The van der Waals surface area contributed by atoms with E-state index in [4.69, 9.17) is 10.5 Å². The molecule has 2 N–H and O–H groups in total. The molecule has 1 heterocycles. The van der Waals surface area contributed by atoms with Crippen molar-refractivity contribution in [3.05, 3.63) is 29.8 Å². The molecule has 2 nitrogen and oxygen atoms in total. The SMILES string of the molecule is Cl.NCC1(F)Cc2ccccc2O1. The van der Waals surface area contributed by atoms with Crippen LogP contribution in [-0.2, 0) is 6.42 Å². The summed E-state index contributed by atoms with van der Waals surface area (Å²) in [6.07, 6.45) is 0.264. The van der Waals surface area contributed by atoms with Crippen LogP contribution in [0.4, 0.5) is 4.39 Å². The number of ether oxygens (including phenoxy) is 1. The second-order valence-corrected chi connectivity index (χ2v) is 2.97. The zero-order chi connectivity index (χ0) is 8.60. The monoisotopic (exact) mass is 203 g/mol. The van der Waals surface area contributed by atoms with Crippen LogP contribution in [0.15, 0.2) is 24.3 Å². The lowest BCUT2D eigenvalue weighted by molar-refractivity contribution is -0.0330. The molecule has 0 amide bonds. The van der Waals surface area contributed by atoms with Gasteiger partial charge in [-0.15, -0.1) is 12.4 Å². The number of para-hydroxylation sites is 1.